The van der Waals surface area contributed by atoms with Gasteiger partial charge in [-0.05, 0) is 42.9 Å². The molecule has 1 aliphatic rings. The maximum atomic E-state index is 13.4. The van der Waals surface area contributed by atoms with E-state index in [1.807, 2.05) is 39.0 Å². The van der Waals surface area contributed by atoms with Gasteiger partial charge in [0.1, 0.15) is 11.5 Å². The molecule has 0 fully saturated rings. The number of carbonyl (C=O) groups excluding carboxylic acids is 2. The van der Waals surface area contributed by atoms with Gasteiger partial charge in [-0.3, -0.25) is 9.59 Å². The first kappa shape index (κ1) is 20.0. The van der Waals surface area contributed by atoms with Crippen LogP contribution in [0.3, 0.4) is 0 Å². The molecule has 0 aliphatic carbocycles. The van der Waals surface area contributed by atoms with E-state index in [9.17, 15) is 9.59 Å². The summed E-state index contributed by atoms with van der Waals surface area (Å²) in [5.74, 6) is 0.982. The van der Waals surface area contributed by atoms with Crippen molar-refractivity contribution in [3.63, 3.8) is 0 Å². The first-order chi connectivity index (χ1) is 13.4. The first-order valence-electron chi connectivity index (χ1n) is 8.98. The van der Waals surface area contributed by atoms with Crippen molar-refractivity contribution in [1.82, 2.24) is 0 Å². The first-order valence-corrected chi connectivity index (χ1v) is 9.97. The van der Waals surface area contributed by atoms with Crippen molar-refractivity contribution in [2.45, 2.75) is 20.8 Å². The van der Waals surface area contributed by atoms with Gasteiger partial charge < -0.3 is 9.47 Å². The Kier molecular flexibility index (Phi) is 5.79. The normalized spacial score (nSPS) is 14.1. The number of hydrogen-bond donors (Lipinski definition) is 0. The maximum Gasteiger partial charge on any atom is 0.272 e. The summed E-state index contributed by atoms with van der Waals surface area (Å²) < 4.78 is 10.7. The fourth-order valence-electron chi connectivity index (χ4n) is 3.31. The lowest BCUT2D eigenvalue weighted by Gasteiger charge is -2.19. The molecule has 0 N–H and O–H groups in total. The van der Waals surface area contributed by atoms with Crippen LogP contribution in [0.15, 0.2) is 41.3 Å². The molecule has 0 spiro atoms. The lowest BCUT2D eigenvalue weighted by molar-refractivity contribution is -0.119. The van der Waals surface area contributed by atoms with Crippen LogP contribution in [0.4, 0.5) is 5.69 Å². The molecule has 1 aliphatic heterocycles. The molecule has 2 aromatic carbocycles. The Balaban J connectivity index is 2.17. The number of rotatable bonds is 6. The third kappa shape index (κ3) is 3.40. The highest BCUT2D eigenvalue weighted by Gasteiger charge is 2.41. The minimum atomic E-state index is -0.348. The third-order valence-electron chi connectivity index (χ3n) is 4.61. The molecule has 0 bridgehead atoms. The highest BCUT2D eigenvalue weighted by atomic mass is 32.2. The lowest BCUT2D eigenvalue weighted by atomic mass is 9.98. The molecular weight excluding hydrogens is 374 g/mol. The lowest BCUT2D eigenvalue weighted by Crippen LogP contribution is -2.31. The van der Waals surface area contributed by atoms with Gasteiger partial charge in [0.25, 0.3) is 11.8 Å². The number of amides is 2. The Labute approximate surface area is 169 Å². The van der Waals surface area contributed by atoms with Crippen molar-refractivity contribution in [2.75, 3.05) is 24.9 Å². The molecule has 2 aromatic rings. The summed E-state index contributed by atoms with van der Waals surface area (Å²) in [4.78, 5) is 28.4. The molecule has 3 rings (SSSR count). The Hall–Kier alpha value is -2.73. The number of methoxy groups -OCH3 is 2. The molecule has 5 nitrogen and oxygen atoms in total. The van der Waals surface area contributed by atoms with Gasteiger partial charge in [0.05, 0.1) is 30.4 Å². The van der Waals surface area contributed by atoms with E-state index in [2.05, 4.69) is 0 Å². The zero-order valence-corrected chi connectivity index (χ0v) is 17.5. The van der Waals surface area contributed by atoms with Gasteiger partial charge in [-0.15, -0.1) is 11.8 Å². The standard InChI is InChI=1S/C22H23NO4S/c1-6-28-20-19(16-9-7-13(2)11-14(16)3)21(24)23(22(20)25)17-12-15(26-4)8-10-18(17)27-5/h7-12H,6H2,1-5H3. The quantitative estimate of drug-likeness (QED) is 0.678. The van der Waals surface area contributed by atoms with Gasteiger partial charge in [-0.1, -0.05) is 30.7 Å². The number of nitrogens with zero attached hydrogens (tertiary/aromatic N) is 1. The van der Waals surface area contributed by atoms with E-state index < -0.39 is 0 Å². The zero-order chi connectivity index (χ0) is 20.4. The summed E-state index contributed by atoms with van der Waals surface area (Å²) >= 11 is 1.38. The van der Waals surface area contributed by atoms with Crippen molar-refractivity contribution in [3.8, 4) is 11.5 Å². The largest absolute Gasteiger partial charge is 0.497 e. The smallest absolute Gasteiger partial charge is 0.272 e. The fraction of sp³-hybridized carbons (Fsp3) is 0.273. The van der Waals surface area contributed by atoms with Crippen LogP contribution in [0.1, 0.15) is 23.6 Å². The predicted molar refractivity (Wildman–Crippen MR) is 113 cm³/mol. The summed E-state index contributed by atoms with van der Waals surface area (Å²) in [6, 6.07) is 10.9. The van der Waals surface area contributed by atoms with E-state index in [0.717, 1.165) is 16.7 Å². The van der Waals surface area contributed by atoms with Crippen LogP contribution in [-0.2, 0) is 9.59 Å². The van der Waals surface area contributed by atoms with Crippen molar-refractivity contribution < 1.29 is 19.1 Å². The Bertz CT molecular complexity index is 980. The van der Waals surface area contributed by atoms with Crippen LogP contribution >= 0.6 is 11.8 Å². The number of thioether (sulfide) groups is 1. The Morgan fingerprint density at radius 3 is 2.32 bits per heavy atom. The monoisotopic (exact) mass is 397 g/mol. The second-order valence-electron chi connectivity index (χ2n) is 6.44. The number of benzene rings is 2. The van der Waals surface area contributed by atoms with Crippen LogP contribution in [0.2, 0.25) is 0 Å². The fourth-order valence-corrected chi connectivity index (χ4v) is 4.15. The summed E-state index contributed by atoms with van der Waals surface area (Å²) in [6.45, 7) is 5.92. The predicted octanol–water partition coefficient (Wildman–Crippen LogP) is 4.36. The number of imide groups is 1. The van der Waals surface area contributed by atoms with E-state index in [1.165, 1.54) is 30.9 Å². The van der Waals surface area contributed by atoms with Gasteiger partial charge in [0.2, 0.25) is 0 Å². The number of ether oxygens (including phenoxy) is 2. The van der Waals surface area contributed by atoms with Gasteiger partial charge in [0.15, 0.2) is 0 Å². The van der Waals surface area contributed by atoms with Crippen molar-refractivity contribution in [3.05, 3.63) is 58.0 Å². The molecule has 0 unspecified atom stereocenters. The van der Waals surface area contributed by atoms with Gasteiger partial charge >= 0.3 is 0 Å². The molecule has 0 saturated heterocycles. The van der Waals surface area contributed by atoms with Crippen molar-refractivity contribution >= 4 is 34.8 Å². The topological polar surface area (TPSA) is 55.8 Å². The van der Waals surface area contributed by atoms with Crippen molar-refractivity contribution in [2.24, 2.45) is 0 Å². The van der Waals surface area contributed by atoms with Crippen LogP contribution in [-0.4, -0.2) is 31.8 Å². The third-order valence-corrected chi connectivity index (χ3v) is 5.56. The molecule has 0 atom stereocenters. The molecule has 0 radical (unpaired) electrons. The van der Waals surface area contributed by atoms with Crippen molar-refractivity contribution in [1.29, 1.82) is 0 Å². The zero-order valence-electron chi connectivity index (χ0n) is 16.7. The van der Waals surface area contributed by atoms with Crippen LogP contribution in [0.5, 0.6) is 11.5 Å². The molecule has 6 heteroatoms. The summed E-state index contributed by atoms with van der Waals surface area (Å²) in [5, 5.41) is 0. The van der Waals surface area contributed by atoms with Gasteiger partial charge in [-0.25, -0.2) is 4.90 Å². The average molecular weight is 397 g/mol. The Morgan fingerprint density at radius 1 is 0.964 bits per heavy atom. The van der Waals surface area contributed by atoms with Gasteiger partial charge in [-0.2, -0.15) is 0 Å². The number of anilines is 1. The highest BCUT2D eigenvalue weighted by Crippen LogP contribution is 2.43. The second kappa shape index (κ2) is 8.10. The van der Waals surface area contributed by atoms with E-state index in [-0.39, 0.29) is 11.8 Å². The molecule has 0 saturated carbocycles. The maximum absolute atomic E-state index is 13.4. The van der Waals surface area contributed by atoms with Crippen LogP contribution in [0, 0.1) is 13.8 Å². The molecule has 28 heavy (non-hydrogen) atoms. The number of aryl methyl sites for hydroxylation is 2. The van der Waals surface area contributed by atoms with E-state index in [4.69, 9.17) is 9.47 Å². The summed E-state index contributed by atoms with van der Waals surface area (Å²) in [7, 11) is 3.05. The SMILES string of the molecule is CCSC1=C(c2ccc(C)cc2C)C(=O)N(c2cc(OC)ccc2OC)C1=O. The number of hydrogen-bond acceptors (Lipinski definition) is 5. The van der Waals surface area contributed by atoms with E-state index in [1.54, 1.807) is 18.2 Å². The highest BCUT2D eigenvalue weighted by molar-refractivity contribution is 8.04. The summed E-state index contributed by atoms with van der Waals surface area (Å²) in [5.41, 5.74) is 3.67. The summed E-state index contributed by atoms with van der Waals surface area (Å²) in [6.07, 6.45) is 0. The Morgan fingerprint density at radius 2 is 1.71 bits per heavy atom. The molecule has 0 aromatic heterocycles. The molecule has 146 valence electrons. The van der Waals surface area contributed by atoms with E-state index >= 15 is 0 Å². The minimum absolute atomic E-state index is 0.335. The minimum Gasteiger partial charge on any atom is -0.497 e. The average Bonchev–Trinajstić information content (AvgIpc) is 2.92. The molecular formula is C22H23NO4S. The molecule has 1 heterocycles. The van der Waals surface area contributed by atoms with E-state index in [0.29, 0.717) is 33.4 Å². The van der Waals surface area contributed by atoms with Crippen LogP contribution < -0.4 is 14.4 Å². The van der Waals surface area contributed by atoms with Gasteiger partial charge in [0, 0.05) is 6.07 Å². The number of carbonyl (C=O) groups is 2. The van der Waals surface area contributed by atoms with Crippen LogP contribution in [0.25, 0.3) is 5.57 Å². The second-order valence-corrected chi connectivity index (χ2v) is 7.71. The molecule has 2 amide bonds.